The lowest BCUT2D eigenvalue weighted by Crippen LogP contribution is -2.42. The highest BCUT2D eigenvalue weighted by Crippen LogP contribution is 2.27. The molecule has 0 aliphatic heterocycles. The van der Waals surface area contributed by atoms with Crippen molar-refractivity contribution in [1.82, 2.24) is 5.32 Å². The number of amides is 1. The van der Waals surface area contributed by atoms with Gasteiger partial charge in [-0.25, -0.2) is 8.42 Å². The number of carbonyl (C=O) groups excluding carboxylic acids is 1. The molecule has 1 amide bonds. The molecule has 178 valence electrons. The molecule has 0 saturated carbocycles. The van der Waals surface area contributed by atoms with E-state index in [2.05, 4.69) is 5.32 Å². The van der Waals surface area contributed by atoms with E-state index >= 15 is 0 Å². The van der Waals surface area contributed by atoms with Gasteiger partial charge in [-0.2, -0.15) is 0 Å². The molecule has 34 heavy (non-hydrogen) atoms. The van der Waals surface area contributed by atoms with Crippen LogP contribution in [0.25, 0.3) is 0 Å². The molecule has 0 aromatic heterocycles. The largest absolute Gasteiger partial charge is 0.348 e. The number of hydrogen-bond acceptors (Lipinski definition) is 5. The number of benzene rings is 3. The van der Waals surface area contributed by atoms with Gasteiger partial charge in [0.15, 0.2) is 0 Å². The zero-order valence-electron chi connectivity index (χ0n) is 19.3. The third kappa shape index (κ3) is 5.60. The summed E-state index contributed by atoms with van der Waals surface area (Å²) in [7, 11) is -4.16. The van der Waals surface area contributed by atoms with Gasteiger partial charge in [-0.1, -0.05) is 49.4 Å². The molecule has 8 nitrogen and oxygen atoms in total. The standard InChI is InChI=1S/C25H27N3O5S/c1-4-24(20-14-13-18(2)19(3)15-20)26-25(29)17-27(21-9-8-10-22(16-21)28(30)31)34(32,33)23-11-6-5-7-12-23/h5-16,24H,4,17H2,1-3H3,(H,26,29). The zero-order valence-corrected chi connectivity index (χ0v) is 20.1. The minimum atomic E-state index is -4.16. The van der Waals surface area contributed by atoms with Gasteiger partial charge in [0, 0.05) is 12.1 Å². The number of nitrogens with one attached hydrogen (secondary N) is 1. The molecule has 0 aliphatic carbocycles. The van der Waals surface area contributed by atoms with Gasteiger partial charge in [-0.15, -0.1) is 0 Å². The Morgan fingerprint density at radius 1 is 1.00 bits per heavy atom. The quantitative estimate of drug-likeness (QED) is 0.353. The summed E-state index contributed by atoms with van der Waals surface area (Å²) in [5.41, 5.74) is 2.91. The van der Waals surface area contributed by atoms with Gasteiger partial charge in [0.2, 0.25) is 5.91 Å². The van der Waals surface area contributed by atoms with Crippen LogP contribution in [0.3, 0.4) is 0 Å². The Morgan fingerprint density at radius 3 is 2.32 bits per heavy atom. The lowest BCUT2D eigenvalue weighted by atomic mass is 9.99. The Kier molecular flexibility index (Phi) is 7.68. The summed E-state index contributed by atoms with van der Waals surface area (Å²) >= 11 is 0. The van der Waals surface area contributed by atoms with Crippen molar-refractivity contribution in [3.63, 3.8) is 0 Å². The molecule has 0 radical (unpaired) electrons. The number of hydrogen-bond donors (Lipinski definition) is 1. The highest BCUT2D eigenvalue weighted by atomic mass is 32.2. The second-order valence-electron chi connectivity index (χ2n) is 7.97. The monoisotopic (exact) mass is 481 g/mol. The highest BCUT2D eigenvalue weighted by Gasteiger charge is 2.29. The third-order valence-corrected chi connectivity index (χ3v) is 7.41. The first-order valence-electron chi connectivity index (χ1n) is 10.8. The summed E-state index contributed by atoms with van der Waals surface area (Å²) in [6.45, 7) is 5.40. The maximum Gasteiger partial charge on any atom is 0.271 e. The average Bonchev–Trinajstić information content (AvgIpc) is 2.83. The van der Waals surface area contributed by atoms with Crippen LogP contribution >= 0.6 is 0 Å². The number of non-ortho nitro benzene ring substituents is 1. The van der Waals surface area contributed by atoms with Crippen molar-refractivity contribution < 1.29 is 18.1 Å². The molecule has 0 aliphatic rings. The fourth-order valence-corrected chi connectivity index (χ4v) is 5.00. The van der Waals surface area contributed by atoms with Crippen LogP contribution in [-0.4, -0.2) is 25.8 Å². The van der Waals surface area contributed by atoms with Crippen molar-refractivity contribution >= 4 is 27.3 Å². The minimum Gasteiger partial charge on any atom is -0.348 e. The molecule has 1 atom stereocenters. The van der Waals surface area contributed by atoms with Gasteiger partial charge in [0.25, 0.3) is 15.7 Å². The van der Waals surface area contributed by atoms with Gasteiger partial charge in [-0.05, 0) is 55.2 Å². The molecular weight excluding hydrogens is 454 g/mol. The van der Waals surface area contributed by atoms with Crippen LogP contribution in [0.2, 0.25) is 0 Å². The van der Waals surface area contributed by atoms with E-state index in [4.69, 9.17) is 0 Å². The van der Waals surface area contributed by atoms with Gasteiger partial charge < -0.3 is 5.32 Å². The summed E-state index contributed by atoms with van der Waals surface area (Å²) in [4.78, 5) is 23.7. The van der Waals surface area contributed by atoms with Gasteiger partial charge >= 0.3 is 0 Å². The summed E-state index contributed by atoms with van der Waals surface area (Å²) < 4.78 is 27.8. The van der Waals surface area contributed by atoms with Crippen molar-refractivity contribution in [1.29, 1.82) is 0 Å². The second kappa shape index (κ2) is 10.5. The molecule has 0 spiro atoms. The number of anilines is 1. The van der Waals surface area contributed by atoms with Crippen LogP contribution in [0.4, 0.5) is 11.4 Å². The predicted octanol–water partition coefficient (Wildman–Crippen LogP) is 4.67. The number of nitro benzene ring substituents is 1. The molecule has 1 N–H and O–H groups in total. The first-order chi connectivity index (χ1) is 16.1. The first kappa shape index (κ1) is 24.9. The predicted molar refractivity (Wildman–Crippen MR) is 131 cm³/mol. The normalized spacial score (nSPS) is 12.1. The number of nitrogens with zero attached hydrogens (tertiary/aromatic N) is 2. The number of aryl methyl sites for hydroxylation is 2. The molecular formula is C25H27N3O5S. The van der Waals surface area contributed by atoms with Crippen molar-refractivity contribution in [2.24, 2.45) is 0 Å². The van der Waals surface area contributed by atoms with Gasteiger partial charge in [0.05, 0.1) is 21.5 Å². The second-order valence-corrected chi connectivity index (χ2v) is 9.84. The van der Waals surface area contributed by atoms with Gasteiger partial charge in [0.1, 0.15) is 6.54 Å². The Balaban J connectivity index is 1.95. The Bertz CT molecular complexity index is 1290. The fourth-order valence-electron chi connectivity index (χ4n) is 3.57. The van der Waals surface area contributed by atoms with Crippen molar-refractivity contribution in [3.05, 3.63) is 99.6 Å². The van der Waals surface area contributed by atoms with Crippen LogP contribution in [0.1, 0.15) is 36.1 Å². The zero-order chi connectivity index (χ0) is 24.9. The number of nitro groups is 1. The highest BCUT2D eigenvalue weighted by molar-refractivity contribution is 7.92. The van der Waals surface area contributed by atoms with Crippen LogP contribution < -0.4 is 9.62 Å². The molecule has 9 heteroatoms. The SMILES string of the molecule is CCC(NC(=O)CN(c1cccc([N+](=O)[O-])c1)S(=O)(=O)c1ccccc1)c1ccc(C)c(C)c1. The summed E-state index contributed by atoms with van der Waals surface area (Å²) in [5, 5.41) is 14.2. The van der Waals surface area contributed by atoms with E-state index in [1.54, 1.807) is 18.2 Å². The van der Waals surface area contributed by atoms with E-state index in [1.807, 2.05) is 39.0 Å². The number of rotatable bonds is 9. The summed E-state index contributed by atoms with van der Waals surface area (Å²) in [6, 6.07) is 18.5. The number of carbonyl (C=O) groups is 1. The molecule has 0 saturated heterocycles. The maximum absolute atomic E-state index is 13.4. The molecule has 3 aromatic rings. The smallest absolute Gasteiger partial charge is 0.271 e. The molecule has 1 unspecified atom stereocenters. The Morgan fingerprint density at radius 2 is 1.71 bits per heavy atom. The minimum absolute atomic E-state index is 0.0180. The average molecular weight is 482 g/mol. The molecule has 3 rings (SSSR count). The molecule has 3 aromatic carbocycles. The lowest BCUT2D eigenvalue weighted by Gasteiger charge is -2.25. The van der Waals surface area contributed by atoms with E-state index < -0.39 is 27.4 Å². The van der Waals surface area contributed by atoms with Crippen LogP contribution in [0.5, 0.6) is 0 Å². The Hall–Kier alpha value is -3.72. The summed E-state index contributed by atoms with van der Waals surface area (Å²) in [6.07, 6.45) is 0.608. The Labute approximate surface area is 199 Å². The van der Waals surface area contributed by atoms with Crippen LogP contribution in [0.15, 0.2) is 77.7 Å². The van der Waals surface area contributed by atoms with E-state index in [9.17, 15) is 23.3 Å². The molecule has 0 fully saturated rings. The van der Waals surface area contributed by atoms with Crippen molar-refractivity contribution in [3.8, 4) is 0 Å². The van der Waals surface area contributed by atoms with E-state index in [0.29, 0.717) is 6.42 Å². The van der Waals surface area contributed by atoms with Crippen LogP contribution in [0, 0.1) is 24.0 Å². The first-order valence-corrected chi connectivity index (χ1v) is 12.3. The molecule has 0 bridgehead atoms. The lowest BCUT2D eigenvalue weighted by molar-refractivity contribution is -0.384. The van der Waals surface area contributed by atoms with Crippen molar-refractivity contribution in [2.45, 2.75) is 38.1 Å². The van der Waals surface area contributed by atoms with Gasteiger partial charge in [-0.3, -0.25) is 19.2 Å². The third-order valence-electron chi connectivity index (χ3n) is 5.62. The maximum atomic E-state index is 13.4. The number of sulfonamides is 1. The van der Waals surface area contributed by atoms with Crippen LogP contribution in [-0.2, 0) is 14.8 Å². The van der Waals surface area contributed by atoms with E-state index in [-0.39, 0.29) is 22.3 Å². The van der Waals surface area contributed by atoms with Crippen molar-refractivity contribution in [2.75, 3.05) is 10.8 Å². The fraction of sp³-hybridized carbons (Fsp3) is 0.240. The van der Waals surface area contributed by atoms with E-state index in [0.717, 1.165) is 27.1 Å². The molecule has 0 heterocycles. The summed E-state index contributed by atoms with van der Waals surface area (Å²) in [5.74, 6) is -0.518. The topological polar surface area (TPSA) is 110 Å². The van der Waals surface area contributed by atoms with E-state index in [1.165, 1.54) is 30.3 Å².